The Morgan fingerprint density at radius 3 is 2.06 bits per heavy atom. The zero-order chi connectivity index (χ0) is 12.5. The first-order valence-corrected chi connectivity index (χ1v) is 7.02. The van der Waals surface area contributed by atoms with Gasteiger partial charge in [-0.3, -0.25) is 9.80 Å². The van der Waals surface area contributed by atoms with Crippen LogP contribution in [0.3, 0.4) is 0 Å². The van der Waals surface area contributed by atoms with Crippen molar-refractivity contribution in [1.29, 1.82) is 0 Å². The van der Waals surface area contributed by atoms with Gasteiger partial charge < -0.3 is 10.2 Å². The van der Waals surface area contributed by atoms with Crippen molar-refractivity contribution < 1.29 is 0 Å². The van der Waals surface area contributed by atoms with Gasteiger partial charge in [-0.1, -0.05) is 6.92 Å². The van der Waals surface area contributed by atoms with Crippen molar-refractivity contribution in [3.63, 3.8) is 0 Å². The lowest BCUT2D eigenvalue weighted by molar-refractivity contribution is 0.126. The molecule has 0 atom stereocenters. The minimum atomic E-state index is 1.14. The van der Waals surface area contributed by atoms with Gasteiger partial charge in [-0.05, 0) is 27.1 Å². The highest BCUT2D eigenvalue weighted by molar-refractivity contribution is 4.72. The smallest absolute Gasteiger partial charge is 0.0110 e. The maximum atomic E-state index is 3.47. The fraction of sp³-hybridized carbons (Fsp3) is 1.00. The van der Waals surface area contributed by atoms with Crippen molar-refractivity contribution in [2.24, 2.45) is 0 Å². The van der Waals surface area contributed by atoms with E-state index in [9.17, 15) is 0 Å². The highest BCUT2D eigenvalue weighted by atomic mass is 15.3. The Hall–Kier alpha value is -0.160. The summed E-state index contributed by atoms with van der Waals surface area (Å²) >= 11 is 0. The Morgan fingerprint density at radius 2 is 1.53 bits per heavy atom. The number of nitrogens with one attached hydrogen (secondary N) is 1. The second kappa shape index (κ2) is 8.86. The van der Waals surface area contributed by atoms with Crippen LogP contribution in [0, 0.1) is 0 Å². The Labute approximate surface area is 107 Å². The van der Waals surface area contributed by atoms with Crippen molar-refractivity contribution >= 4 is 0 Å². The molecule has 1 heterocycles. The molecule has 4 heteroatoms. The number of nitrogens with zero attached hydrogens (tertiary/aromatic N) is 3. The number of rotatable bonds is 8. The van der Waals surface area contributed by atoms with E-state index in [2.05, 4.69) is 41.0 Å². The average molecular weight is 242 g/mol. The van der Waals surface area contributed by atoms with Gasteiger partial charge in [-0.2, -0.15) is 0 Å². The van der Waals surface area contributed by atoms with Gasteiger partial charge in [0.25, 0.3) is 0 Å². The van der Waals surface area contributed by atoms with Crippen LogP contribution in [-0.4, -0.2) is 87.7 Å². The Bertz CT molecular complexity index is 176. The lowest BCUT2D eigenvalue weighted by atomic mass is 10.3. The van der Waals surface area contributed by atoms with E-state index in [1.165, 1.54) is 52.2 Å². The van der Waals surface area contributed by atoms with E-state index in [1.807, 2.05) is 0 Å². The minimum absolute atomic E-state index is 1.14. The van der Waals surface area contributed by atoms with Crippen LogP contribution in [0.15, 0.2) is 0 Å². The molecular formula is C13H30N4. The molecule has 1 N–H and O–H groups in total. The first kappa shape index (κ1) is 14.9. The summed E-state index contributed by atoms with van der Waals surface area (Å²) < 4.78 is 0. The predicted octanol–water partition coefficient (Wildman–Crippen LogP) is 0.165. The van der Waals surface area contributed by atoms with Gasteiger partial charge in [0.05, 0.1) is 0 Å². The van der Waals surface area contributed by atoms with Crippen molar-refractivity contribution in [2.45, 2.75) is 13.3 Å². The molecule has 0 aliphatic carbocycles. The van der Waals surface area contributed by atoms with Crippen LogP contribution in [0.25, 0.3) is 0 Å². The van der Waals surface area contributed by atoms with Crippen molar-refractivity contribution in [3.8, 4) is 0 Å². The van der Waals surface area contributed by atoms with Gasteiger partial charge in [0.15, 0.2) is 0 Å². The van der Waals surface area contributed by atoms with Crippen LogP contribution >= 0.6 is 0 Å². The standard InChI is InChI=1S/C13H30N4/c1-4-5-14-6-7-16-10-12-17(13-11-16)9-8-15(2)3/h14H,4-13H2,1-3H3. The third-order valence-corrected chi connectivity index (χ3v) is 3.36. The molecule has 1 fully saturated rings. The zero-order valence-electron chi connectivity index (χ0n) is 11.9. The van der Waals surface area contributed by atoms with Crippen LogP contribution in [0.1, 0.15) is 13.3 Å². The van der Waals surface area contributed by atoms with Crippen molar-refractivity contribution in [3.05, 3.63) is 0 Å². The maximum Gasteiger partial charge on any atom is 0.0110 e. The second-order valence-electron chi connectivity index (χ2n) is 5.24. The summed E-state index contributed by atoms with van der Waals surface area (Å²) in [6, 6.07) is 0. The number of likely N-dealkylation sites (N-methyl/N-ethyl adjacent to an activating group) is 1. The summed E-state index contributed by atoms with van der Waals surface area (Å²) in [6.45, 7) is 13.1. The molecule has 1 aliphatic rings. The molecule has 0 unspecified atom stereocenters. The fourth-order valence-corrected chi connectivity index (χ4v) is 2.12. The van der Waals surface area contributed by atoms with Gasteiger partial charge in [-0.25, -0.2) is 0 Å². The number of hydrogen-bond acceptors (Lipinski definition) is 4. The molecule has 17 heavy (non-hydrogen) atoms. The lowest BCUT2D eigenvalue weighted by Crippen LogP contribution is -2.49. The molecule has 1 rings (SSSR count). The Balaban J connectivity index is 2.01. The van der Waals surface area contributed by atoms with E-state index in [-0.39, 0.29) is 0 Å². The summed E-state index contributed by atoms with van der Waals surface area (Å²) in [6.07, 6.45) is 1.23. The normalized spacial score (nSPS) is 19.1. The van der Waals surface area contributed by atoms with Crippen LogP contribution in [0.2, 0.25) is 0 Å². The first-order valence-electron chi connectivity index (χ1n) is 7.02. The average Bonchev–Trinajstić information content (AvgIpc) is 2.33. The summed E-state index contributed by atoms with van der Waals surface area (Å²) in [5.41, 5.74) is 0. The SMILES string of the molecule is CCCNCCN1CCN(CCN(C)C)CC1. The molecule has 0 radical (unpaired) electrons. The lowest BCUT2D eigenvalue weighted by Gasteiger charge is -2.35. The molecular weight excluding hydrogens is 212 g/mol. The van der Waals surface area contributed by atoms with Crippen LogP contribution in [-0.2, 0) is 0 Å². The highest BCUT2D eigenvalue weighted by Crippen LogP contribution is 2.00. The number of hydrogen-bond donors (Lipinski definition) is 1. The third kappa shape index (κ3) is 6.99. The molecule has 4 nitrogen and oxygen atoms in total. The molecule has 1 aliphatic heterocycles. The topological polar surface area (TPSA) is 21.8 Å². The second-order valence-corrected chi connectivity index (χ2v) is 5.24. The van der Waals surface area contributed by atoms with Gasteiger partial charge in [0.1, 0.15) is 0 Å². The molecule has 0 aromatic carbocycles. The van der Waals surface area contributed by atoms with E-state index in [0.717, 1.165) is 13.1 Å². The van der Waals surface area contributed by atoms with Crippen molar-refractivity contribution in [2.75, 3.05) is 73.0 Å². The maximum absolute atomic E-state index is 3.47. The molecule has 0 saturated carbocycles. The van der Waals surface area contributed by atoms with Crippen LogP contribution in [0.4, 0.5) is 0 Å². The van der Waals surface area contributed by atoms with E-state index in [4.69, 9.17) is 0 Å². The van der Waals surface area contributed by atoms with E-state index in [1.54, 1.807) is 0 Å². The molecule has 0 bridgehead atoms. The summed E-state index contributed by atoms with van der Waals surface area (Å²) in [4.78, 5) is 7.42. The van der Waals surface area contributed by atoms with Gasteiger partial charge in [0, 0.05) is 52.4 Å². The molecule has 1 saturated heterocycles. The first-order chi connectivity index (χ1) is 8.22. The van der Waals surface area contributed by atoms with E-state index < -0.39 is 0 Å². The molecule has 0 spiro atoms. The molecule has 0 amide bonds. The van der Waals surface area contributed by atoms with Crippen LogP contribution in [0.5, 0.6) is 0 Å². The zero-order valence-corrected chi connectivity index (χ0v) is 11.9. The predicted molar refractivity (Wildman–Crippen MR) is 74.6 cm³/mol. The highest BCUT2D eigenvalue weighted by Gasteiger charge is 2.15. The number of piperazine rings is 1. The molecule has 0 aromatic rings. The quantitative estimate of drug-likeness (QED) is 0.612. The summed E-state index contributed by atoms with van der Waals surface area (Å²) in [5.74, 6) is 0. The summed E-state index contributed by atoms with van der Waals surface area (Å²) in [7, 11) is 4.30. The van der Waals surface area contributed by atoms with E-state index >= 15 is 0 Å². The van der Waals surface area contributed by atoms with Crippen LogP contribution < -0.4 is 5.32 Å². The Morgan fingerprint density at radius 1 is 0.941 bits per heavy atom. The molecule has 102 valence electrons. The van der Waals surface area contributed by atoms with Crippen molar-refractivity contribution in [1.82, 2.24) is 20.0 Å². The Kier molecular flexibility index (Phi) is 7.77. The van der Waals surface area contributed by atoms with Gasteiger partial charge in [-0.15, -0.1) is 0 Å². The fourth-order valence-electron chi connectivity index (χ4n) is 2.12. The molecule has 0 aromatic heterocycles. The minimum Gasteiger partial charge on any atom is -0.315 e. The monoisotopic (exact) mass is 242 g/mol. The van der Waals surface area contributed by atoms with Gasteiger partial charge >= 0.3 is 0 Å². The van der Waals surface area contributed by atoms with Gasteiger partial charge in [0.2, 0.25) is 0 Å². The largest absolute Gasteiger partial charge is 0.315 e. The third-order valence-electron chi connectivity index (χ3n) is 3.36. The summed E-state index contributed by atoms with van der Waals surface area (Å²) in [5, 5.41) is 3.47. The van der Waals surface area contributed by atoms with E-state index in [0.29, 0.717) is 0 Å².